The van der Waals surface area contributed by atoms with E-state index in [2.05, 4.69) is 25.2 Å². The summed E-state index contributed by atoms with van der Waals surface area (Å²) in [5, 5.41) is 3.56. The lowest BCUT2D eigenvalue weighted by Gasteiger charge is -2.39. The summed E-state index contributed by atoms with van der Waals surface area (Å²) in [5.41, 5.74) is 2.01. The lowest BCUT2D eigenvalue weighted by Crippen LogP contribution is -2.37. The summed E-state index contributed by atoms with van der Waals surface area (Å²) < 4.78 is 4.98. The molecule has 4 heteroatoms. The number of rotatable bonds is 4. The maximum absolute atomic E-state index is 11.6. The number of ether oxygens (including phenoxy) is 1. The van der Waals surface area contributed by atoms with E-state index < -0.39 is 0 Å². The summed E-state index contributed by atoms with van der Waals surface area (Å²) in [6, 6.07) is 8.61. The summed E-state index contributed by atoms with van der Waals surface area (Å²) in [7, 11) is 0. The fourth-order valence-corrected chi connectivity index (χ4v) is 2.95. The molecule has 1 saturated carbocycles. The zero-order valence-corrected chi connectivity index (χ0v) is 12.1. The van der Waals surface area contributed by atoms with Gasteiger partial charge in [0.25, 0.3) is 0 Å². The van der Waals surface area contributed by atoms with Gasteiger partial charge in [0.1, 0.15) is 6.61 Å². The molecule has 1 aliphatic carbocycles. The van der Waals surface area contributed by atoms with Crippen molar-refractivity contribution in [2.45, 2.75) is 32.7 Å². The number of nitrogens with zero attached hydrogens (tertiary/aromatic N) is 1. The van der Waals surface area contributed by atoms with Crippen molar-refractivity contribution in [1.29, 1.82) is 0 Å². The van der Waals surface area contributed by atoms with E-state index in [9.17, 15) is 4.79 Å². The van der Waals surface area contributed by atoms with Gasteiger partial charge in [0.15, 0.2) is 0 Å². The van der Waals surface area contributed by atoms with Crippen LogP contribution in [0.15, 0.2) is 24.3 Å². The van der Waals surface area contributed by atoms with E-state index in [1.54, 1.807) is 4.90 Å². The van der Waals surface area contributed by atoms with E-state index in [1.165, 1.54) is 12.8 Å². The highest BCUT2D eigenvalue weighted by Gasteiger charge is 2.31. The number of amides is 1. The van der Waals surface area contributed by atoms with Crippen LogP contribution in [0.3, 0.4) is 0 Å². The minimum Gasteiger partial charge on any atom is -0.447 e. The molecule has 1 saturated heterocycles. The first-order chi connectivity index (χ1) is 9.63. The highest BCUT2D eigenvalue weighted by molar-refractivity contribution is 5.89. The van der Waals surface area contributed by atoms with E-state index in [1.807, 2.05) is 18.2 Å². The van der Waals surface area contributed by atoms with Crippen LogP contribution in [0.1, 0.15) is 26.7 Å². The monoisotopic (exact) mass is 274 g/mol. The number of carbonyl (C=O) groups is 1. The molecule has 108 valence electrons. The average Bonchev–Trinajstić information content (AvgIpc) is 2.79. The average molecular weight is 274 g/mol. The minimum atomic E-state index is -0.245. The Morgan fingerprint density at radius 2 is 2.15 bits per heavy atom. The van der Waals surface area contributed by atoms with Crippen molar-refractivity contribution in [3.63, 3.8) is 0 Å². The normalized spacial score (nSPS) is 25.6. The molecule has 0 bridgehead atoms. The topological polar surface area (TPSA) is 41.6 Å². The molecule has 0 aromatic heterocycles. The predicted octanol–water partition coefficient (Wildman–Crippen LogP) is 3.49. The maximum Gasteiger partial charge on any atom is 0.414 e. The summed E-state index contributed by atoms with van der Waals surface area (Å²) in [6.45, 7) is 5.71. The van der Waals surface area contributed by atoms with Crippen molar-refractivity contribution in [2.75, 3.05) is 23.4 Å². The number of cyclic esters (lactones) is 1. The fourth-order valence-electron chi connectivity index (χ4n) is 2.95. The van der Waals surface area contributed by atoms with Crippen molar-refractivity contribution in [1.82, 2.24) is 0 Å². The van der Waals surface area contributed by atoms with Gasteiger partial charge in [-0.15, -0.1) is 0 Å². The van der Waals surface area contributed by atoms with Crippen LogP contribution in [0.2, 0.25) is 0 Å². The standard InChI is InChI=1S/C16H22N2O2/c1-11(2)12-8-14(9-12)17-13-4-3-5-15(10-13)18-6-7-20-16(18)19/h3-5,10-12,14,17H,6-9H2,1-2H3. The van der Waals surface area contributed by atoms with Crippen LogP contribution in [0.5, 0.6) is 0 Å². The van der Waals surface area contributed by atoms with Gasteiger partial charge >= 0.3 is 6.09 Å². The van der Waals surface area contributed by atoms with Crippen molar-refractivity contribution in [3.05, 3.63) is 24.3 Å². The van der Waals surface area contributed by atoms with Gasteiger partial charge in [-0.05, 0) is 42.9 Å². The van der Waals surface area contributed by atoms with Gasteiger partial charge in [-0.1, -0.05) is 19.9 Å². The van der Waals surface area contributed by atoms with Crippen molar-refractivity contribution >= 4 is 17.5 Å². The minimum absolute atomic E-state index is 0.245. The first-order valence-corrected chi connectivity index (χ1v) is 7.44. The Labute approximate surface area is 120 Å². The van der Waals surface area contributed by atoms with Gasteiger partial charge in [-0.3, -0.25) is 4.90 Å². The molecule has 0 unspecified atom stereocenters. The molecular formula is C16H22N2O2. The summed E-state index contributed by atoms with van der Waals surface area (Å²) in [4.78, 5) is 13.3. The molecule has 0 spiro atoms. The summed E-state index contributed by atoms with van der Waals surface area (Å²) in [6.07, 6.45) is 2.24. The Morgan fingerprint density at radius 3 is 2.80 bits per heavy atom. The first-order valence-electron chi connectivity index (χ1n) is 7.44. The van der Waals surface area contributed by atoms with E-state index in [0.29, 0.717) is 19.2 Å². The third-order valence-corrected chi connectivity index (χ3v) is 4.41. The van der Waals surface area contributed by atoms with Crippen molar-refractivity contribution < 1.29 is 9.53 Å². The molecule has 1 aromatic rings. The van der Waals surface area contributed by atoms with Gasteiger partial charge in [0.05, 0.1) is 6.54 Å². The van der Waals surface area contributed by atoms with Gasteiger partial charge in [0.2, 0.25) is 0 Å². The number of carbonyl (C=O) groups excluding carboxylic acids is 1. The predicted molar refractivity (Wildman–Crippen MR) is 80.1 cm³/mol. The van der Waals surface area contributed by atoms with Crippen molar-refractivity contribution in [3.8, 4) is 0 Å². The quantitative estimate of drug-likeness (QED) is 0.913. The molecule has 1 N–H and O–H groups in total. The summed E-state index contributed by atoms with van der Waals surface area (Å²) >= 11 is 0. The fraction of sp³-hybridized carbons (Fsp3) is 0.562. The van der Waals surface area contributed by atoms with Gasteiger partial charge in [-0.2, -0.15) is 0 Å². The molecule has 1 aliphatic heterocycles. The zero-order valence-electron chi connectivity index (χ0n) is 12.1. The second-order valence-electron chi connectivity index (χ2n) is 6.13. The van der Waals surface area contributed by atoms with Crippen LogP contribution in [0.4, 0.5) is 16.2 Å². The third-order valence-electron chi connectivity index (χ3n) is 4.41. The Balaban J connectivity index is 1.62. The van der Waals surface area contributed by atoms with Crippen LogP contribution in [0.25, 0.3) is 0 Å². The molecule has 2 fully saturated rings. The first kappa shape index (κ1) is 13.3. The Hall–Kier alpha value is -1.71. The summed E-state index contributed by atoms with van der Waals surface area (Å²) in [5.74, 6) is 1.63. The Morgan fingerprint density at radius 1 is 1.35 bits per heavy atom. The molecule has 2 aliphatic rings. The van der Waals surface area contributed by atoms with Crippen molar-refractivity contribution in [2.24, 2.45) is 11.8 Å². The van der Waals surface area contributed by atoms with Crippen LogP contribution >= 0.6 is 0 Å². The molecule has 20 heavy (non-hydrogen) atoms. The highest BCUT2D eigenvalue weighted by atomic mass is 16.6. The number of anilines is 2. The highest BCUT2D eigenvalue weighted by Crippen LogP contribution is 2.36. The molecule has 0 radical (unpaired) electrons. The zero-order chi connectivity index (χ0) is 14.1. The number of hydrogen-bond acceptors (Lipinski definition) is 3. The van der Waals surface area contributed by atoms with Gasteiger partial charge < -0.3 is 10.1 Å². The molecule has 3 rings (SSSR count). The van der Waals surface area contributed by atoms with Crippen LogP contribution in [-0.4, -0.2) is 25.3 Å². The Kier molecular flexibility index (Phi) is 3.55. The van der Waals surface area contributed by atoms with Gasteiger partial charge in [0, 0.05) is 17.4 Å². The SMILES string of the molecule is CC(C)C1CC(Nc2cccc(N3CCOC3=O)c2)C1. The van der Waals surface area contributed by atoms with Gasteiger partial charge in [-0.25, -0.2) is 4.79 Å². The molecule has 0 atom stereocenters. The number of hydrogen-bond donors (Lipinski definition) is 1. The molecule has 4 nitrogen and oxygen atoms in total. The second-order valence-corrected chi connectivity index (χ2v) is 6.13. The smallest absolute Gasteiger partial charge is 0.414 e. The molecule has 1 amide bonds. The van der Waals surface area contributed by atoms with E-state index >= 15 is 0 Å². The maximum atomic E-state index is 11.6. The lowest BCUT2D eigenvalue weighted by atomic mass is 9.73. The van der Waals surface area contributed by atoms with Crippen LogP contribution < -0.4 is 10.2 Å². The second kappa shape index (κ2) is 5.35. The number of benzene rings is 1. The largest absolute Gasteiger partial charge is 0.447 e. The molecular weight excluding hydrogens is 252 g/mol. The third kappa shape index (κ3) is 2.60. The van der Waals surface area contributed by atoms with E-state index in [4.69, 9.17) is 4.74 Å². The molecule has 1 heterocycles. The van der Waals surface area contributed by atoms with E-state index in [-0.39, 0.29) is 6.09 Å². The van der Waals surface area contributed by atoms with Crippen LogP contribution in [0, 0.1) is 11.8 Å². The Bertz CT molecular complexity index is 495. The lowest BCUT2D eigenvalue weighted by molar-refractivity contribution is 0.181. The number of nitrogens with one attached hydrogen (secondary N) is 1. The van der Waals surface area contributed by atoms with Crippen LogP contribution in [-0.2, 0) is 4.74 Å². The molecule has 1 aromatic carbocycles. The van der Waals surface area contributed by atoms with E-state index in [0.717, 1.165) is 23.2 Å².